The summed E-state index contributed by atoms with van der Waals surface area (Å²) >= 11 is 0. The van der Waals surface area contributed by atoms with E-state index >= 15 is 0 Å². The highest BCUT2D eigenvalue weighted by molar-refractivity contribution is 6.07. The minimum Gasteiger partial charge on any atom is -0.298 e. The summed E-state index contributed by atoms with van der Waals surface area (Å²) in [6.45, 7) is 0. The number of hydrogen-bond acceptors (Lipinski definition) is 2. The van der Waals surface area contributed by atoms with E-state index in [-0.39, 0.29) is 11.7 Å². The Morgan fingerprint density at radius 1 is 0.955 bits per heavy atom. The Morgan fingerprint density at radius 3 is 2.18 bits per heavy atom. The molecule has 2 aliphatic rings. The highest BCUT2D eigenvalue weighted by Crippen LogP contribution is 2.42. The second kappa shape index (κ2) is 4.91. The molecule has 22 heavy (non-hydrogen) atoms. The van der Waals surface area contributed by atoms with Gasteiger partial charge >= 0.3 is 0 Å². The first-order chi connectivity index (χ1) is 10.7. The Kier molecular flexibility index (Phi) is 3.00. The SMILES string of the molecule is O=[C]C1(C(=O)C2Cc3ccccc3C2)CCc2ccccc21. The lowest BCUT2D eigenvalue weighted by molar-refractivity contribution is -0.126. The van der Waals surface area contributed by atoms with Gasteiger partial charge in [0.1, 0.15) is 5.41 Å². The molecular formula is C20H17O2. The van der Waals surface area contributed by atoms with Gasteiger partial charge < -0.3 is 0 Å². The number of benzene rings is 2. The van der Waals surface area contributed by atoms with Gasteiger partial charge in [0.2, 0.25) is 6.29 Å². The van der Waals surface area contributed by atoms with E-state index in [9.17, 15) is 9.59 Å². The monoisotopic (exact) mass is 289 g/mol. The summed E-state index contributed by atoms with van der Waals surface area (Å²) in [6.07, 6.45) is 5.00. The molecule has 2 aliphatic carbocycles. The molecule has 0 aliphatic heterocycles. The smallest absolute Gasteiger partial charge is 0.217 e. The topological polar surface area (TPSA) is 34.1 Å². The summed E-state index contributed by atoms with van der Waals surface area (Å²) in [5, 5.41) is 0. The first-order valence-corrected chi connectivity index (χ1v) is 7.83. The molecule has 2 heteroatoms. The minimum atomic E-state index is -1.04. The van der Waals surface area contributed by atoms with E-state index in [0.29, 0.717) is 6.42 Å². The van der Waals surface area contributed by atoms with Crippen LogP contribution in [-0.4, -0.2) is 12.1 Å². The molecule has 0 fully saturated rings. The first-order valence-electron chi connectivity index (χ1n) is 7.83. The number of rotatable bonds is 3. The molecule has 4 rings (SSSR count). The van der Waals surface area contributed by atoms with Gasteiger partial charge in [-0.3, -0.25) is 9.59 Å². The molecule has 0 N–H and O–H groups in total. The van der Waals surface area contributed by atoms with Crippen molar-refractivity contribution in [3.63, 3.8) is 0 Å². The van der Waals surface area contributed by atoms with Crippen LogP contribution in [0.25, 0.3) is 0 Å². The Bertz CT molecular complexity index is 737. The van der Waals surface area contributed by atoms with E-state index in [1.165, 1.54) is 11.1 Å². The second-order valence-electron chi connectivity index (χ2n) is 6.40. The molecule has 2 aromatic carbocycles. The van der Waals surface area contributed by atoms with Crippen LogP contribution < -0.4 is 0 Å². The number of aryl methyl sites for hydroxylation is 1. The average molecular weight is 289 g/mol. The van der Waals surface area contributed by atoms with E-state index in [1.807, 2.05) is 36.4 Å². The second-order valence-corrected chi connectivity index (χ2v) is 6.40. The maximum absolute atomic E-state index is 13.2. The van der Waals surface area contributed by atoms with Crippen molar-refractivity contribution in [1.29, 1.82) is 0 Å². The molecule has 0 bridgehead atoms. The molecule has 1 unspecified atom stereocenters. The summed E-state index contributed by atoms with van der Waals surface area (Å²) in [4.78, 5) is 25.0. The third-order valence-corrected chi connectivity index (χ3v) is 5.26. The van der Waals surface area contributed by atoms with Crippen LogP contribution in [0.15, 0.2) is 48.5 Å². The summed E-state index contributed by atoms with van der Waals surface area (Å²) in [5.74, 6) is -0.0337. The largest absolute Gasteiger partial charge is 0.298 e. The molecule has 1 radical (unpaired) electrons. The van der Waals surface area contributed by atoms with Gasteiger partial charge in [-0.25, -0.2) is 0 Å². The van der Waals surface area contributed by atoms with Gasteiger partial charge in [-0.15, -0.1) is 0 Å². The Balaban J connectivity index is 1.70. The number of Topliss-reactive ketones (excluding diaryl/α,β-unsaturated/α-hetero) is 1. The Hall–Kier alpha value is -2.22. The molecule has 0 saturated heterocycles. The van der Waals surface area contributed by atoms with Gasteiger partial charge in [-0.1, -0.05) is 48.5 Å². The fourth-order valence-corrected chi connectivity index (χ4v) is 4.12. The van der Waals surface area contributed by atoms with Gasteiger partial charge in [0.25, 0.3) is 0 Å². The highest BCUT2D eigenvalue weighted by atomic mass is 16.1. The number of fused-ring (bicyclic) bond motifs is 2. The quantitative estimate of drug-likeness (QED) is 0.814. The minimum absolute atomic E-state index is 0.0589. The van der Waals surface area contributed by atoms with Crippen LogP contribution in [0.3, 0.4) is 0 Å². The molecule has 0 aromatic heterocycles. The van der Waals surface area contributed by atoms with E-state index in [2.05, 4.69) is 18.4 Å². The van der Waals surface area contributed by atoms with Crippen LogP contribution in [-0.2, 0) is 34.3 Å². The highest BCUT2D eigenvalue weighted by Gasteiger charge is 2.49. The first kappa shape index (κ1) is 13.4. The van der Waals surface area contributed by atoms with Crippen molar-refractivity contribution < 1.29 is 9.59 Å². The Labute approximate surface area is 130 Å². The summed E-state index contributed by atoms with van der Waals surface area (Å²) in [7, 11) is 0. The molecule has 0 saturated carbocycles. The van der Waals surface area contributed by atoms with Crippen LogP contribution in [0.2, 0.25) is 0 Å². The molecule has 1 atom stereocenters. The van der Waals surface area contributed by atoms with E-state index in [1.54, 1.807) is 0 Å². The van der Waals surface area contributed by atoms with Crippen LogP contribution in [0.1, 0.15) is 28.7 Å². The van der Waals surface area contributed by atoms with E-state index < -0.39 is 5.41 Å². The van der Waals surface area contributed by atoms with Crippen LogP contribution in [0.5, 0.6) is 0 Å². The maximum atomic E-state index is 13.2. The van der Waals surface area contributed by atoms with Crippen molar-refractivity contribution in [1.82, 2.24) is 0 Å². The summed E-state index contributed by atoms with van der Waals surface area (Å²) < 4.78 is 0. The zero-order valence-corrected chi connectivity index (χ0v) is 12.3. The van der Waals surface area contributed by atoms with Gasteiger partial charge in [-0.2, -0.15) is 0 Å². The van der Waals surface area contributed by atoms with Crippen LogP contribution in [0, 0.1) is 5.92 Å². The van der Waals surface area contributed by atoms with Gasteiger partial charge in [-0.05, 0) is 47.9 Å². The molecule has 2 aromatic rings. The van der Waals surface area contributed by atoms with Crippen molar-refractivity contribution in [2.45, 2.75) is 31.1 Å². The average Bonchev–Trinajstić information content (AvgIpc) is 3.16. The summed E-state index contributed by atoms with van der Waals surface area (Å²) in [5.41, 5.74) is 3.45. The molecule has 0 spiro atoms. The van der Waals surface area contributed by atoms with Crippen LogP contribution >= 0.6 is 0 Å². The van der Waals surface area contributed by atoms with Gasteiger partial charge in [0.15, 0.2) is 5.78 Å². The van der Waals surface area contributed by atoms with Gasteiger partial charge in [0.05, 0.1) is 0 Å². The molecule has 0 amide bonds. The van der Waals surface area contributed by atoms with Crippen LogP contribution in [0.4, 0.5) is 0 Å². The molecular weight excluding hydrogens is 272 g/mol. The predicted octanol–water partition coefficient (Wildman–Crippen LogP) is 2.96. The standard InChI is InChI=1S/C20H17O2/c21-13-20(10-9-14-5-3-4-8-18(14)20)19(22)17-11-15-6-1-2-7-16(15)12-17/h1-8,17H,9-12H2. The van der Waals surface area contributed by atoms with Crippen molar-refractivity contribution in [2.24, 2.45) is 5.92 Å². The third kappa shape index (κ3) is 1.80. The fraction of sp³-hybridized carbons (Fsp3) is 0.300. The number of ketones is 1. The molecule has 109 valence electrons. The van der Waals surface area contributed by atoms with Crippen molar-refractivity contribution in [2.75, 3.05) is 0 Å². The predicted molar refractivity (Wildman–Crippen MR) is 84.5 cm³/mol. The lowest BCUT2D eigenvalue weighted by Gasteiger charge is -2.24. The zero-order chi connectivity index (χ0) is 15.2. The normalized spacial score (nSPS) is 23.1. The lowest BCUT2D eigenvalue weighted by atomic mass is 9.74. The third-order valence-electron chi connectivity index (χ3n) is 5.26. The summed E-state index contributed by atoms with van der Waals surface area (Å²) in [6, 6.07) is 16.0. The maximum Gasteiger partial charge on any atom is 0.217 e. The van der Waals surface area contributed by atoms with Gasteiger partial charge in [0, 0.05) is 5.92 Å². The number of carbonyl (C=O) groups is 1. The van der Waals surface area contributed by atoms with Crippen molar-refractivity contribution in [3.05, 3.63) is 70.8 Å². The molecule has 2 nitrogen and oxygen atoms in total. The number of carbonyl (C=O) groups excluding carboxylic acids is 2. The lowest BCUT2D eigenvalue weighted by Crippen LogP contribution is -2.40. The zero-order valence-electron chi connectivity index (χ0n) is 12.3. The van der Waals surface area contributed by atoms with E-state index in [4.69, 9.17) is 0 Å². The fourth-order valence-electron chi connectivity index (χ4n) is 4.12. The van der Waals surface area contributed by atoms with Crippen molar-refractivity contribution >= 4 is 12.1 Å². The van der Waals surface area contributed by atoms with E-state index in [0.717, 1.165) is 30.4 Å². The van der Waals surface area contributed by atoms with Crippen molar-refractivity contribution in [3.8, 4) is 0 Å². The molecule has 0 heterocycles. The Morgan fingerprint density at radius 2 is 1.55 bits per heavy atom. The number of hydrogen-bond donors (Lipinski definition) is 0.